The lowest BCUT2D eigenvalue weighted by molar-refractivity contribution is -0.195. The number of amides is 4. The van der Waals surface area contributed by atoms with Crippen LogP contribution in [0.1, 0.15) is 71.3 Å². The molecule has 14 nitrogen and oxygen atoms in total. The molecular formula is C32H43N3O11. The molecule has 0 aromatic heterocycles. The van der Waals surface area contributed by atoms with E-state index in [1.807, 2.05) is 13.8 Å². The van der Waals surface area contributed by atoms with Crippen LogP contribution in [0.3, 0.4) is 0 Å². The average molecular weight is 646 g/mol. The predicted octanol–water partition coefficient (Wildman–Crippen LogP) is 2.55. The molecule has 0 bridgehead atoms. The molecule has 3 atom stereocenters. The van der Waals surface area contributed by atoms with Gasteiger partial charge in [-0.05, 0) is 36.6 Å². The number of benzene rings is 1. The summed E-state index contributed by atoms with van der Waals surface area (Å²) in [7, 11) is 0. The van der Waals surface area contributed by atoms with Crippen molar-refractivity contribution in [2.45, 2.75) is 84.2 Å². The second-order valence-corrected chi connectivity index (χ2v) is 10.2. The largest absolute Gasteiger partial charge is 0.479 e. The van der Waals surface area contributed by atoms with Gasteiger partial charge in [0, 0.05) is 57.8 Å². The lowest BCUT2D eigenvalue weighted by Gasteiger charge is -2.31. The van der Waals surface area contributed by atoms with Crippen LogP contribution >= 0.6 is 0 Å². The van der Waals surface area contributed by atoms with Crippen molar-refractivity contribution in [3.8, 4) is 5.75 Å². The molecule has 252 valence electrons. The molecule has 4 amide bonds. The van der Waals surface area contributed by atoms with Gasteiger partial charge in [-0.2, -0.15) is 0 Å². The first-order chi connectivity index (χ1) is 22.0. The highest BCUT2D eigenvalue weighted by atomic mass is 16.7. The average Bonchev–Trinajstić information content (AvgIpc) is 3.33. The van der Waals surface area contributed by atoms with E-state index in [0.29, 0.717) is 31.4 Å². The number of hydrogen-bond acceptors (Lipinski definition) is 10. The Labute approximate surface area is 267 Å². The fraction of sp³-hybridized carbons (Fsp3) is 0.500. The number of esters is 1. The zero-order valence-corrected chi connectivity index (χ0v) is 26.4. The topological polar surface area (TPSA) is 198 Å². The predicted molar refractivity (Wildman–Crippen MR) is 166 cm³/mol. The highest BCUT2D eigenvalue weighted by Crippen LogP contribution is 2.31. The van der Waals surface area contributed by atoms with Crippen LogP contribution in [0.15, 0.2) is 36.4 Å². The van der Waals surface area contributed by atoms with Gasteiger partial charge in [-0.15, -0.1) is 0 Å². The van der Waals surface area contributed by atoms with Crippen molar-refractivity contribution >= 4 is 47.3 Å². The Hall–Kier alpha value is -4.56. The molecule has 3 rings (SSSR count). The highest BCUT2D eigenvalue weighted by Gasteiger charge is 2.34. The molecule has 14 heteroatoms. The SMILES string of the molecule is CC.CC(=O)OC/C=C/c1ccc(OC2CC(O)CC(C(=O)O)O2)c(NC(=O)CCNC(=O)CCCCCN2C(=O)C=CC2=O)c1. The summed E-state index contributed by atoms with van der Waals surface area (Å²) in [5.74, 6) is -2.82. The molecule has 0 spiro atoms. The first-order valence-corrected chi connectivity index (χ1v) is 15.3. The summed E-state index contributed by atoms with van der Waals surface area (Å²) >= 11 is 0. The number of carbonyl (C=O) groups is 6. The van der Waals surface area contributed by atoms with E-state index >= 15 is 0 Å². The highest BCUT2D eigenvalue weighted by molar-refractivity contribution is 6.12. The molecule has 2 heterocycles. The molecule has 0 saturated carbocycles. The van der Waals surface area contributed by atoms with Gasteiger partial charge in [-0.1, -0.05) is 32.4 Å². The van der Waals surface area contributed by atoms with Crippen LogP contribution in [0.2, 0.25) is 0 Å². The molecule has 1 aromatic rings. The number of aliphatic hydroxyl groups excluding tert-OH is 1. The fourth-order valence-corrected chi connectivity index (χ4v) is 4.44. The van der Waals surface area contributed by atoms with E-state index in [1.165, 1.54) is 19.1 Å². The van der Waals surface area contributed by atoms with Crippen LogP contribution in [0, 0.1) is 0 Å². The number of unbranched alkanes of at least 4 members (excludes halogenated alkanes) is 2. The Balaban J connectivity index is 0.00000361. The number of ether oxygens (including phenoxy) is 3. The summed E-state index contributed by atoms with van der Waals surface area (Å²) in [4.78, 5) is 71.6. The van der Waals surface area contributed by atoms with Gasteiger partial charge >= 0.3 is 11.9 Å². The van der Waals surface area contributed by atoms with E-state index in [-0.39, 0.29) is 68.0 Å². The molecule has 1 aromatic carbocycles. The number of aliphatic carboxylic acids is 1. The molecule has 2 aliphatic rings. The van der Waals surface area contributed by atoms with E-state index < -0.39 is 36.3 Å². The maximum absolute atomic E-state index is 12.7. The smallest absolute Gasteiger partial charge is 0.333 e. The lowest BCUT2D eigenvalue weighted by Crippen LogP contribution is -2.42. The normalized spacial score (nSPS) is 19.0. The maximum atomic E-state index is 12.7. The first-order valence-electron chi connectivity index (χ1n) is 15.3. The molecule has 1 saturated heterocycles. The number of rotatable bonds is 16. The molecule has 4 N–H and O–H groups in total. The third-order valence-corrected chi connectivity index (χ3v) is 6.63. The van der Waals surface area contributed by atoms with Crippen LogP contribution in [0.4, 0.5) is 5.69 Å². The number of carbonyl (C=O) groups excluding carboxylic acids is 5. The van der Waals surface area contributed by atoms with Crippen LogP contribution in [-0.2, 0) is 38.2 Å². The van der Waals surface area contributed by atoms with Crippen molar-refractivity contribution in [2.75, 3.05) is 25.0 Å². The standard InChI is InChI=1S/C30H37N3O11.C2H6/c1-19(34)42-15-5-6-20-8-9-23(43-29-18-21(35)17-24(44-29)30(40)41)22(16-20)32-26(37)12-13-31-25(36)7-3-2-4-14-33-27(38)10-11-28(33)39;1-2/h5-6,8-11,16,21,24,29,35H,2-4,7,12-15,17-18H2,1H3,(H,31,36)(H,32,37)(H,40,41);1-2H3/b6-5+;. The Morgan fingerprint density at radius 2 is 1.74 bits per heavy atom. The summed E-state index contributed by atoms with van der Waals surface area (Å²) in [5.41, 5.74) is 0.882. The summed E-state index contributed by atoms with van der Waals surface area (Å²) in [6.07, 6.45) is 4.38. The van der Waals surface area contributed by atoms with E-state index in [2.05, 4.69) is 10.6 Å². The Bertz CT molecular complexity index is 1280. The molecule has 1 fully saturated rings. The van der Waals surface area contributed by atoms with Crippen molar-refractivity contribution in [3.05, 3.63) is 42.0 Å². The van der Waals surface area contributed by atoms with Gasteiger partial charge in [0.2, 0.25) is 18.1 Å². The van der Waals surface area contributed by atoms with Gasteiger partial charge < -0.3 is 35.1 Å². The fourth-order valence-electron chi connectivity index (χ4n) is 4.44. The number of anilines is 1. The number of hydrogen-bond donors (Lipinski definition) is 4. The van der Waals surface area contributed by atoms with Crippen LogP contribution < -0.4 is 15.4 Å². The minimum Gasteiger partial charge on any atom is -0.479 e. The number of imide groups is 1. The quantitative estimate of drug-likeness (QED) is 0.117. The monoisotopic (exact) mass is 645 g/mol. The molecule has 3 unspecified atom stereocenters. The van der Waals surface area contributed by atoms with Crippen molar-refractivity contribution in [1.82, 2.24) is 10.2 Å². The van der Waals surface area contributed by atoms with Crippen molar-refractivity contribution in [1.29, 1.82) is 0 Å². The zero-order valence-electron chi connectivity index (χ0n) is 26.4. The lowest BCUT2D eigenvalue weighted by atomic mass is 10.1. The van der Waals surface area contributed by atoms with E-state index in [0.717, 1.165) is 4.90 Å². The van der Waals surface area contributed by atoms with Crippen LogP contribution in [-0.4, -0.2) is 88.9 Å². The molecule has 2 aliphatic heterocycles. The number of carboxylic acid groups (broad SMARTS) is 1. The summed E-state index contributed by atoms with van der Waals surface area (Å²) < 4.78 is 16.2. The Morgan fingerprint density at radius 3 is 2.41 bits per heavy atom. The summed E-state index contributed by atoms with van der Waals surface area (Å²) in [6, 6.07) is 4.82. The van der Waals surface area contributed by atoms with Gasteiger partial charge in [0.25, 0.3) is 11.8 Å². The minimum atomic E-state index is -1.25. The number of nitrogens with one attached hydrogen (secondary N) is 2. The number of carboxylic acids is 1. The third-order valence-electron chi connectivity index (χ3n) is 6.63. The number of nitrogens with zero attached hydrogens (tertiary/aromatic N) is 1. The van der Waals surface area contributed by atoms with Crippen LogP contribution in [0.25, 0.3) is 6.08 Å². The van der Waals surface area contributed by atoms with Crippen molar-refractivity contribution in [3.63, 3.8) is 0 Å². The summed E-state index contributed by atoms with van der Waals surface area (Å²) in [5, 5.41) is 24.8. The van der Waals surface area contributed by atoms with Gasteiger partial charge in [-0.25, -0.2) is 4.79 Å². The van der Waals surface area contributed by atoms with Crippen molar-refractivity contribution in [2.24, 2.45) is 0 Å². The van der Waals surface area contributed by atoms with Gasteiger partial charge in [0.05, 0.1) is 11.8 Å². The van der Waals surface area contributed by atoms with E-state index in [4.69, 9.17) is 14.2 Å². The molecule has 0 radical (unpaired) electrons. The van der Waals surface area contributed by atoms with Gasteiger partial charge in [-0.3, -0.25) is 28.9 Å². The molecule has 46 heavy (non-hydrogen) atoms. The minimum absolute atomic E-state index is 0.0267. The maximum Gasteiger partial charge on any atom is 0.333 e. The van der Waals surface area contributed by atoms with Gasteiger partial charge in [0.1, 0.15) is 12.4 Å². The van der Waals surface area contributed by atoms with E-state index in [9.17, 15) is 39.0 Å². The second-order valence-electron chi connectivity index (χ2n) is 10.2. The zero-order chi connectivity index (χ0) is 34.1. The van der Waals surface area contributed by atoms with Gasteiger partial charge in [0.15, 0.2) is 6.10 Å². The Kier molecular flexibility index (Phi) is 16.2. The molecule has 0 aliphatic carbocycles. The number of aliphatic hydroxyl groups is 1. The summed E-state index contributed by atoms with van der Waals surface area (Å²) in [6.45, 7) is 5.71. The molecular weight excluding hydrogens is 602 g/mol. The second kappa shape index (κ2) is 19.7. The van der Waals surface area contributed by atoms with Crippen LogP contribution in [0.5, 0.6) is 5.75 Å². The van der Waals surface area contributed by atoms with Crippen molar-refractivity contribution < 1.29 is 53.2 Å². The Morgan fingerprint density at radius 1 is 1.02 bits per heavy atom. The van der Waals surface area contributed by atoms with E-state index in [1.54, 1.807) is 30.4 Å². The third kappa shape index (κ3) is 13.2. The first kappa shape index (κ1) is 37.6.